The Morgan fingerprint density at radius 3 is 1.94 bits per heavy atom. The van der Waals surface area contributed by atoms with Gasteiger partial charge in [0.25, 0.3) is 0 Å². The molecule has 4 aliphatic carbocycles. The lowest BCUT2D eigenvalue weighted by Gasteiger charge is -2.59. The van der Waals surface area contributed by atoms with E-state index in [2.05, 4.69) is 6.92 Å². The van der Waals surface area contributed by atoms with E-state index in [1.54, 1.807) is 0 Å². The molecule has 0 atom stereocenters. The zero-order valence-electron chi connectivity index (χ0n) is 11.2. The second kappa shape index (κ2) is 3.73. The van der Waals surface area contributed by atoms with Crippen LogP contribution in [0.2, 0.25) is 0 Å². The summed E-state index contributed by atoms with van der Waals surface area (Å²) in [7, 11) is 0. The van der Waals surface area contributed by atoms with Crippen molar-refractivity contribution in [1.82, 2.24) is 0 Å². The Kier molecular flexibility index (Phi) is 2.53. The van der Waals surface area contributed by atoms with Crippen molar-refractivity contribution in [2.75, 3.05) is 0 Å². The van der Waals surface area contributed by atoms with Gasteiger partial charge >= 0.3 is 5.97 Å². The van der Waals surface area contributed by atoms with E-state index in [0.29, 0.717) is 11.8 Å². The first kappa shape index (κ1) is 11.6. The van der Waals surface area contributed by atoms with Crippen LogP contribution >= 0.6 is 0 Å². The topological polar surface area (TPSA) is 26.3 Å². The average Bonchev–Trinajstić information content (AvgIpc) is 2.25. The zero-order valence-corrected chi connectivity index (χ0v) is 11.2. The smallest absolute Gasteiger partial charge is 0.308 e. The molecule has 0 spiro atoms. The van der Waals surface area contributed by atoms with Gasteiger partial charge in [0.05, 0.1) is 5.92 Å². The Hall–Kier alpha value is -0.530. The van der Waals surface area contributed by atoms with Crippen LogP contribution < -0.4 is 0 Å². The minimum absolute atomic E-state index is 0.0000246. The molecule has 4 fully saturated rings. The van der Waals surface area contributed by atoms with E-state index in [4.69, 9.17) is 4.74 Å². The molecule has 0 radical (unpaired) electrons. The number of hydrogen-bond acceptors (Lipinski definition) is 2. The third-order valence-corrected chi connectivity index (χ3v) is 5.55. The molecule has 0 N–H and O–H groups in total. The molecule has 2 nitrogen and oxygen atoms in total. The second-order valence-corrected chi connectivity index (χ2v) is 7.06. The van der Waals surface area contributed by atoms with Gasteiger partial charge in [-0.15, -0.1) is 0 Å². The minimum atomic E-state index is -0.144. The Morgan fingerprint density at radius 2 is 1.53 bits per heavy atom. The van der Waals surface area contributed by atoms with Crippen LogP contribution in [0.5, 0.6) is 0 Å². The summed E-state index contributed by atoms with van der Waals surface area (Å²) in [6.07, 6.45) is 6.65. The molecule has 0 aromatic rings. The standard InChI is InChI=1S/C15H24O2/c1-9(2)14(16)17-15(3)12-5-10-4-11(7-12)8-13(15)6-10/h9-13H,4-8H2,1-3H3. The molecule has 4 bridgehead atoms. The maximum atomic E-state index is 11.9. The quantitative estimate of drug-likeness (QED) is 0.687. The molecule has 0 aliphatic heterocycles. The first-order valence-corrected chi connectivity index (χ1v) is 7.22. The van der Waals surface area contributed by atoms with E-state index in [-0.39, 0.29) is 17.5 Å². The van der Waals surface area contributed by atoms with E-state index in [0.717, 1.165) is 11.8 Å². The van der Waals surface area contributed by atoms with Crippen molar-refractivity contribution in [3.8, 4) is 0 Å². The highest BCUT2D eigenvalue weighted by Gasteiger charge is 2.57. The van der Waals surface area contributed by atoms with Crippen LogP contribution in [-0.4, -0.2) is 11.6 Å². The van der Waals surface area contributed by atoms with E-state index < -0.39 is 0 Å². The maximum Gasteiger partial charge on any atom is 0.308 e. The van der Waals surface area contributed by atoms with Gasteiger partial charge in [-0.25, -0.2) is 0 Å². The molecule has 96 valence electrons. The van der Waals surface area contributed by atoms with Crippen LogP contribution in [0.4, 0.5) is 0 Å². The number of ether oxygens (including phenoxy) is 1. The summed E-state index contributed by atoms with van der Waals surface area (Å²) in [6, 6.07) is 0. The van der Waals surface area contributed by atoms with Gasteiger partial charge in [-0.2, -0.15) is 0 Å². The molecule has 0 unspecified atom stereocenters. The Bertz CT molecular complexity index is 304. The summed E-state index contributed by atoms with van der Waals surface area (Å²) in [5.41, 5.74) is -0.144. The van der Waals surface area contributed by atoms with Gasteiger partial charge in [0, 0.05) is 0 Å². The Balaban J connectivity index is 1.80. The lowest BCUT2D eigenvalue weighted by molar-refractivity contribution is -0.206. The third kappa shape index (κ3) is 1.71. The number of carbonyl (C=O) groups excluding carboxylic acids is 1. The van der Waals surface area contributed by atoms with Crippen molar-refractivity contribution < 1.29 is 9.53 Å². The first-order chi connectivity index (χ1) is 7.99. The van der Waals surface area contributed by atoms with E-state index in [9.17, 15) is 4.79 Å². The normalized spacial score (nSPS) is 47.5. The van der Waals surface area contributed by atoms with Crippen LogP contribution in [0.1, 0.15) is 52.9 Å². The maximum absolute atomic E-state index is 11.9. The molecule has 0 amide bonds. The summed E-state index contributed by atoms with van der Waals surface area (Å²) in [6.45, 7) is 6.07. The largest absolute Gasteiger partial charge is 0.459 e. The molecule has 0 saturated heterocycles. The number of rotatable bonds is 2. The van der Waals surface area contributed by atoms with Crippen LogP contribution in [0, 0.1) is 29.6 Å². The Labute approximate surface area is 104 Å². The van der Waals surface area contributed by atoms with Gasteiger partial charge in [-0.3, -0.25) is 4.79 Å². The highest BCUT2D eigenvalue weighted by Crippen LogP contribution is 2.59. The summed E-state index contributed by atoms with van der Waals surface area (Å²) < 4.78 is 5.94. The van der Waals surface area contributed by atoms with E-state index in [1.807, 2.05) is 13.8 Å². The highest BCUT2D eigenvalue weighted by atomic mass is 16.6. The van der Waals surface area contributed by atoms with Crippen molar-refractivity contribution >= 4 is 5.97 Å². The first-order valence-electron chi connectivity index (χ1n) is 7.22. The van der Waals surface area contributed by atoms with E-state index in [1.165, 1.54) is 32.1 Å². The molecule has 0 aromatic carbocycles. The van der Waals surface area contributed by atoms with Crippen molar-refractivity contribution in [1.29, 1.82) is 0 Å². The Morgan fingerprint density at radius 1 is 1.06 bits per heavy atom. The van der Waals surface area contributed by atoms with Gasteiger partial charge in [0.2, 0.25) is 0 Å². The molecule has 0 aromatic heterocycles. The van der Waals surface area contributed by atoms with Crippen LogP contribution in [-0.2, 0) is 9.53 Å². The van der Waals surface area contributed by atoms with Crippen molar-refractivity contribution in [3.63, 3.8) is 0 Å². The monoisotopic (exact) mass is 236 g/mol. The van der Waals surface area contributed by atoms with Gasteiger partial charge < -0.3 is 4.74 Å². The fourth-order valence-electron chi connectivity index (χ4n) is 4.62. The van der Waals surface area contributed by atoms with Gasteiger partial charge in [-0.1, -0.05) is 13.8 Å². The molecule has 4 rings (SSSR count). The molecule has 17 heavy (non-hydrogen) atoms. The summed E-state index contributed by atoms with van der Waals surface area (Å²) in [5, 5.41) is 0. The second-order valence-electron chi connectivity index (χ2n) is 7.06. The zero-order chi connectivity index (χ0) is 12.2. The molecule has 2 heteroatoms. The molecule has 0 heterocycles. The summed E-state index contributed by atoms with van der Waals surface area (Å²) in [5.74, 6) is 3.15. The van der Waals surface area contributed by atoms with Gasteiger partial charge in [-0.05, 0) is 62.7 Å². The number of esters is 1. The highest BCUT2D eigenvalue weighted by molar-refractivity contribution is 5.72. The van der Waals surface area contributed by atoms with Crippen molar-refractivity contribution in [3.05, 3.63) is 0 Å². The molecular weight excluding hydrogens is 212 g/mol. The minimum Gasteiger partial charge on any atom is -0.459 e. The average molecular weight is 236 g/mol. The summed E-state index contributed by atoms with van der Waals surface area (Å²) >= 11 is 0. The predicted molar refractivity (Wildman–Crippen MR) is 66.4 cm³/mol. The van der Waals surface area contributed by atoms with Crippen LogP contribution in [0.15, 0.2) is 0 Å². The number of carbonyl (C=O) groups is 1. The van der Waals surface area contributed by atoms with E-state index >= 15 is 0 Å². The fraction of sp³-hybridized carbons (Fsp3) is 0.933. The van der Waals surface area contributed by atoms with Gasteiger partial charge in [0.1, 0.15) is 5.60 Å². The molecule has 4 aliphatic rings. The number of hydrogen-bond donors (Lipinski definition) is 0. The predicted octanol–water partition coefficient (Wildman–Crippen LogP) is 3.40. The lowest BCUT2D eigenvalue weighted by atomic mass is 9.50. The lowest BCUT2D eigenvalue weighted by Crippen LogP contribution is -2.58. The molecule has 4 saturated carbocycles. The van der Waals surface area contributed by atoms with Crippen molar-refractivity contribution in [2.45, 2.75) is 58.5 Å². The fourth-order valence-corrected chi connectivity index (χ4v) is 4.62. The van der Waals surface area contributed by atoms with Crippen LogP contribution in [0.3, 0.4) is 0 Å². The van der Waals surface area contributed by atoms with Crippen LogP contribution in [0.25, 0.3) is 0 Å². The summed E-state index contributed by atoms with van der Waals surface area (Å²) in [4.78, 5) is 11.9. The van der Waals surface area contributed by atoms with Crippen molar-refractivity contribution in [2.24, 2.45) is 29.6 Å². The van der Waals surface area contributed by atoms with Gasteiger partial charge in [0.15, 0.2) is 0 Å². The third-order valence-electron chi connectivity index (χ3n) is 5.55. The SMILES string of the molecule is CC(C)C(=O)OC1(C)C2CC3CC(C2)CC1C3. The molecular formula is C15H24O2.